The van der Waals surface area contributed by atoms with E-state index in [1.54, 1.807) is 4.90 Å². The molecule has 1 fully saturated rings. The highest BCUT2D eigenvalue weighted by Crippen LogP contribution is 2.13. The third-order valence-electron chi connectivity index (χ3n) is 3.65. The molecule has 4 N–H and O–H groups in total. The Morgan fingerprint density at radius 2 is 1.95 bits per heavy atom. The summed E-state index contributed by atoms with van der Waals surface area (Å²) >= 11 is 0. The standard InChI is InChI=1S/C14H27N3O4/c1-2-15-14(21)16-11-6-8-17(9-7-11)13(20)12(19)5-3-4-10-18/h11-12,18-19H,2-10H2,1H3,(H2,15,16,21). The monoisotopic (exact) mass is 301 g/mol. The molecule has 0 saturated carbocycles. The number of aliphatic hydroxyl groups excluding tert-OH is 2. The van der Waals surface area contributed by atoms with E-state index in [9.17, 15) is 14.7 Å². The van der Waals surface area contributed by atoms with Gasteiger partial charge >= 0.3 is 6.03 Å². The summed E-state index contributed by atoms with van der Waals surface area (Å²) in [6.07, 6.45) is 2.04. The molecule has 122 valence electrons. The molecule has 1 saturated heterocycles. The first-order chi connectivity index (χ1) is 10.1. The molecule has 1 aliphatic rings. The Morgan fingerprint density at radius 1 is 1.29 bits per heavy atom. The maximum atomic E-state index is 12.0. The van der Waals surface area contributed by atoms with Gasteiger partial charge in [0.25, 0.3) is 5.91 Å². The molecule has 1 unspecified atom stereocenters. The summed E-state index contributed by atoms with van der Waals surface area (Å²) < 4.78 is 0. The molecule has 1 heterocycles. The predicted molar refractivity (Wildman–Crippen MR) is 78.8 cm³/mol. The van der Waals surface area contributed by atoms with Gasteiger partial charge in [-0.05, 0) is 39.0 Å². The summed E-state index contributed by atoms with van der Waals surface area (Å²) in [6, 6.07) is -0.0987. The number of likely N-dealkylation sites (tertiary alicyclic amines) is 1. The number of aliphatic hydroxyl groups is 2. The Hall–Kier alpha value is -1.34. The molecule has 0 bridgehead atoms. The van der Waals surface area contributed by atoms with Gasteiger partial charge in [-0.2, -0.15) is 0 Å². The number of unbranched alkanes of at least 4 members (excludes halogenated alkanes) is 1. The molecule has 0 aromatic rings. The zero-order chi connectivity index (χ0) is 15.7. The summed E-state index contributed by atoms with van der Waals surface area (Å²) in [6.45, 7) is 3.62. The van der Waals surface area contributed by atoms with Crippen molar-refractivity contribution < 1.29 is 19.8 Å². The molecule has 1 rings (SSSR count). The minimum absolute atomic E-state index is 0.0760. The number of rotatable bonds is 7. The third kappa shape index (κ3) is 6.31. The Labute approximate surface area is 125 Å². The van der Waals surface area contributed by atoms with Crippen molar-refractivity contribution in [3.8, 4) is 0 Å². The van der Waals surface area contributed by atoms with Gasteiger partial charge in [0.15, 0.2) is 0 Å². The quantitative estimate of drug-likeness (QED) is 0.490. The summed E-state index contributed by atoms with van der Waals surface area (Å²) in [5.41, 5.74) is 0. The normalized spacial score (nSPS) is 17.4. The summed E-state index contributed by atoms with van der Waals surface area (Å²) in [7, 11) is 0. The summed E-state index contributed by atoms with van der Waals surface area (Å²) in [4.78, 5) is 25.1. The van der Waals surface area contributed by atoms with E-state index in [-0.39, 0.29) is 24.6 Å². The van der Waals surface area contributed by atoms with Gasteiger partial charge in [-0.3, -0.25) is 4.79 Å². The lowest BCUT2D eigenvalue weighted by molar-refractivity contribution is -0.141. The number of piperidine rings is 1. The number of nitrogens with one attached hydrogen (secondary N) is 2. The molecule has 0 aromatic heterocycles. The average Bonchev–Trinajstić information content (AvgIpc) is 2.47. The number of nitrogens with zero attached hydrogens (tertiary/aromatic N) is 1. The van der Waals surface area contributed by atoms with Crippen molar-refractivity contribution in [2.24, 2.45) is 0 Å². The van der Waals surface area contributed by atoms with E-state index in [0.717, 1.165) is 0 Å². The molecule has 7 heteroatoms. The fourth-order valence-corrected chi connectivity index (χ4v) is 2.42. The van der Waals surface area contributed by atoms with Crippen LogP contribution in [0, 0.1) is 0 Å². The number of hydrogen-bond acceptors (Lipinski definition) is 4. The minimum atomic E-state index is -0.982. The highest BCUT2D eigenvalue weighted by Gasteiger charge is 2.27. The molecule has 1 aliphatic heterocycles. The lowest BCUT2D eigenvalue weighted by atomic mass is 10.0. The fraction of sp³-hybridized carbons (Fsp3) is 0.857. The van der Waals surface area contributed by atoms with Crippen molar-refractivity contribution in [1.29, 1.82) is 0 Å². The van der Waals surface area contributed by atoms with Crippen LogP contribution in [0.3, 0.4) is 0 Å². The Bertz CT molecular complexity index is 330. The van der Waals surface area contributed by atoms with Crippen LogP contribution >= 0.6 is 0 Å². The molecule has 0 aromatic carbocycles. The van der Waals surface area contributed by atoms with Gasteiger partial charge in [0.1, 0.15) is 6.10 Å². The van der Waals surface area contributed by atoms with Gasteiger partial charge in [0.05, 0.1) is 0 Å². The molecule has 7 nitrogen and oxygen atoms in total. The molecule has 3 amide bonds. The van der Waals surface area contributed by atoms with Crippen molar-refractivity contribution in [2.45, 2.75) is 51.2 Å². The van der Waals surface area contributed by atoms with Gasteiger partial charge in [0.2, 0.25) is 0 Å². The van der Waals surface area contributed by atoms with Crippen molar-refractivity contribution in [3.05, 3.63) is 0 Å². The zero-order valence-corrected chi connectivity index (χ0v) is 12.7. The van der Waals surface area contributed by atoms with Crippen LogP contribution in [-0.4, -0.2) is 65.4 Å². The lowest BCUT2D eigenvalue weighted by Crippen LogP contribution is -2.50. The SMILES string of the molecule is CCNC(=O)NC1CCN(C(=O)C(O)CCCCO)CC1. The first-order valence-electron chi connectivity index (χ1n) is 7.70. The van der Waals surface area contributed by atoms with Crippen LogP contribution in [0.5, 0.6) is 0 Å². The lowest BCUT2D eigenvalue weighted by Gasteiger charge is -2.33. The number of carbonyl (C=O) groups is 2. The van der Waals surface area contributed by atoms with E-state index in [1.807, 2.05) is 6.92 Å². The van der Waals surface area contributed by atoms with Gasteiger partial charge in [-0.25, -0.2) is 4.79 Å². The first kappa shape index (κ1) is 17.7. The highest BCUT2D eigenvalue weighted by atomic mass is 16.3. The van der Waals surface area contributed by atoms with Crippen LogP contribution in [-0.2, 0) is 4.79 Å². The molecule has 0 aliphatic carbocycles. The first-order valence-corrected chi connectivity index (χ1v) is 7.70. The maximum absolute atomic E-state index is 12.0. The Morgan fingerprint density at radius 3 is 2.52 bits per heavy atom. The van der Waals surface area contributed by atoms with Crippen molar-refractivity contribution in [3.63, 3.8) is 0 Å². The molecule has 0 radical (unpaired) electrons. The topological polar surface area (TPSA) is 102 Å². The molecular weight excluding hydrogens is 274 g/mol. The van der Waals surface area contributed by atoms with Crippen LogP contribution in [0.2, 0.25) is 0 Å². The van der Waals surface area contributed by atoms with E-state index in [2.05, 4.69) is 10.6 Å². The van der Waals surface area contributed by atoms with Gasteiger partial charge < -0.3 is 25.7 Å². The van der Waals surface area contributed by atoms with E-state index in [4.69, 9.17) is 5.11 Å². The molecular formula is C14H27N3O4. The average molecular weight is 301 g/mol. The molecule has 21 heavy (non-hydrogen) atoms. The van der Waals surface area contributed by atoms with Gasteiger partial charge in [-0.15, -0.1) is 0 Å². The van der Waals surface area contributed by atoms with Crippen LogP contribution in [0.25, 0.3) is 0 Å². The van der Waals surface area contributed by atoms with Crippen LogP contribution < -0.4 is 10.6 Å². The molecule has 0 spiro atoms. The second-order valence-electron chi connectivity index (χ2n) is 5.34. The highest BCUT2D eigenvalue weighted by molar-refractivity contribution is 5.80. The van der Waals surface area contributed by atoms with E-state index in [0.29, 0.717) is 51.7 Å². The smallest absolute Gasteiger partial charge is 0.314 e. The minimum Gasteiger partial charge on any atom is -0.396 e. The zero-order valence-electron chi connectivity index (χ0n) is 12.7. The summed E-state index contributed by atoms with van der Waals surface area (Å²) in [5.74, 6) is -0.246. The number of amides is 3. The van der Waals surface area contributed by atoms with Crippen molar-refractivity contribution >= 4 is 11.9 Å². The van der Waals surface area contributed by atoms with Gasteiger partial charge in [-0.1, -0.05) is 0 Å². The maximum Gasteiger partial charge on any atom is 0.314 e. The second-order valence-corrected chi connectivity index (χ2v) is 5.34. The molecule has 1 atom stereocenters. The van der Waals surface area contributed by atoms with Crippen LogP contribution in [0.15, 0.2) is 0 Å². The van der Waals surface area contributed by atoms with Crippen LogP contribution in [0.1, 0.15) is 39.0 Å². The largest absolute Gasteiger partial charge is 0.396 e. The number of hydrogen-bond donors (Lipinski definition) is 4. The number of urea groups is 1. The third-order valence-corrected chi connectivity index (χ3v) is 3.65. The summed E-state index contributed by atoms with van der Waals surface area (Å²) in [5, 5.41) is 24.1. The predicted octanol–water partition coefficient (Wildman–Crippen LogP) is -0.180. The second kappa shape index (κ2) is 9.57. The Balaban J connectivity index is 2.28. The van der Waals surface area contributed by atoms with E-state index >= 15 is 0 Å². The van der Waals surface area contributed by atoms with E-state index in [1.165, 1.54) is 0 Å². The van der Waals surface area contributed by atoms with Gasteiger partial charge in [0, 0.05) is 32.3 Å². The fourth-order valence-electron chi connectivity index (χ4n) is 2.42. The van der Waals surface area contributed by atoms with Crippen molar-refractivity contribution in [2.75, 3.05) is 26.2 Å². The number of carbonyl (C=O) groups excluding carboxylic acids is 2. The Kier molecular flexibility index (Phi) is 8.07. The van der Waals surface area contributed by atoms with Crippen LogP contribution in [0.4, 0.5) is 4.79 Å². The van der Waals surface area contributed by atoms with E-state index < -0.39 is 6.10 Å². The van der Waals surface area contributed by atoms with Crippen molar-refractivity contribution in [1.82, 2.24) is 15.5 Å².